The molecule has 1 atom stereocenters. The molecule has 0 bridgehead atoms. The van der Waals surface area contributed by atoms with Gasteiger partial charge in [0.25, 0.3) is 0 Å². The minimum atomic E-state index is -0.254. The summed E-state index contributed by atoms with van der Waals surface area (Å²) in [6, 6.07) is 14.1. The zero-order chi connectivity index (χ0) is 16.1. The van der Waals surface area contributed by atoms with Gasteiger partial charge >= 0.3 is 0 Å². The second-order valence-electron chi connectivity index (χ2n) is 5.56. The predicted molar refractivity (Wildman–Crippen MR) is 87.3 cm³/mol. The molecule has 2 aromatic carbocycles. The van der Waals surface area contributed by atoms with Crippen LogP contribution in [-0.2, 0) is 4.79 Å². The molecule has 1 N–H and O–H groups in total. The van der Waals surface area contributed by atoms with Gasteiger partial charge in [0.1, 0.15) is 5.82 Å². The molecule has 3 nitrogen and oxygen atoms in total. The largest absolute Gasteiger partial charge is 0.325 e. The lowest BCUT2D eigenvalue weighted by atomic mass is 10.1. The molecule has 116 valence electrons. The minimum absolute atomic E-state index is 0.0318. The summed E-state index contributed by atoms with van der Waals surface area (Å²) in [6.45, 7) is 4.27. The number of aryl methyl sites for hydroxylation is 1. The van der Waals surface area contributed by atoms with Crippen LogP contribution in [0, 0.1) is 12.7 Å². The van der Waals surface area contributed by atoms with Crippen LogP contribution in [0.4, 0.5) is 10.1 Å². The molecule has 0 spiro atoms. The van der Waals surface area contributed by atoms with Crippen molar-refractivity contribution in [3.8, 4) is 0 Å². The van der Waals surface area contributed by atoms with Crippen molar-refractivity contribution in [3.63, 3.8) is 0 Å². The van der Waals surface area contributed by atoms with Crippen LogP contribution in [0.3, 0.4) is 0 Å². The highest BCUT2D eigenvalue weighted by atomic mass is 19.1. The zero-order valence-electron chi connectivity index (χ0n) is 13.1. The van der Waals surface area contributed by atoms with Crippen molar-refractivity contribution in [3.05, 3.63) is 65.5 Å². The summed E-state index contributed by atoms with van der Waals surface area (Å²) < 4.78 is 13.0. The SMILES string of the molecule is Cc1ccc(NC(=O)CN(C)[C@H](C)c2ccc(F)cc2)cc1. The van der Waals surface area contributed by atoms with Crippen molar-refractivity contribution in [1.82, 2.24) is 4.90 Å². The zero-order valence-corrected chi connectivity index (χ0v) is 13.1. The lowest BCUT2D eigenvalue weighted by molar-refractivity contribution is -0.117. The average molecular weight is 300 g/mol. The first-order valence-corrected chi connectivity index (χ1v) is 7.28. The van der Waals surface area contributed by atoms with E-state index in [4.69, 9.17) is 0 Å². The molecule has 2 rings (SSSR count). The number of carbonyl (C=O) groups excluding carboxylic acids is 1. The predicted octanol–water partition coefficient (Wildman–Crippen LogP) is 3.77. The third-order valence-electron chi connectivity index (χ3n) is 3.74. The number of hydrogen-bond donors (Lipinski definition) is 1. The number of halogens is 1. The molecule has 0 heterocycles. The number of carbonyl (C=O) groups is 1. The monoisotopic (exact) mass is 300 g/mol. The Bertz CT molecular complexity index is 623. The number of benzene rings is 2. The molecule has 0 aliphatic rings. The molecule has 4 heteroatoms. The second kappa shape index (κ2) is 7.18. The van der Waals surface area contributed by atoms with Crippen LogP contribution in [0.15, 0.2) is 48.5 Å². The maximum atomic E-state index is 13.0. The Morgan fingerprint density at radius 2 is 1.73 bits per heavy atom. The second-order valence-corrected chi connectivity index (χ2v) is 5.56. The number of nitrogens with one attached hydrogen (secondary N) is 1. The van der Waals surface area contributed by atoms with Gasteiger partial charge in [-0.15, -0.1) is 0 Å². The molecule has 1 amide bonds. The van der Waals surface area contributed by atoms with Gasteiger partial charge in [-0.2, -0.15) is 0 Å². The Kier molecular flexibility index (Phi) is 5.28. The van der Waals surface area contributed by atoms with E-state index in [0.717, 1.165) is 16.8 Å². The van der Waals surface area contributed by atoms with E-state index in [-0.39, 0.29) is 24.3 Å². The van der Waals surface area contributed by atoms with E-state index in [2.05, 4.69) is 5.32 Å². The Hall–Kier alpha value is -2.20. The van der Waals surface area contributed by atoms with Crippen LogP contribution >= 0.6 is 0 Å². The Balaban J connectivity index is 1.92. The minimum Gasteiger partial charge on any atom is -0.325 e. The maximum absolute atomic E-state index is 13.0. The van der Waals surface area contributed by atoms with Crippen molar-refractivity contribution in [2.75, 3.05) is 18.9 Å². The van der Waals surface area contributed by atoms with Gasteiger partial charge in [0, 0.05) is 11.7 Å². The number of nitrogens with zero attached hydrogens (tertiary/aromatic N) is 1. The summed E-state index contributed by atoms with van der Waals surface area (Å²) in [5.41, 5.74) is 2.92. The fraction of sp³-hybridized carbons (Fsp3) is 0.278. The van der Waals surface area contributed by atoms with Crippen molar-refractivity contribution >= 4 is 11.6 Å². The number of likely N-dealkylation sites (N-methyl/N-ethyl adjacent to an activating group) is 1. The molecule has 0 fully saturated rings. The normalized spacial score (nSPS) is 12.2. The molecule has 0 aromatic heterocycles. The summed E-state index contributed by atoms with van der Waals surface area (Å²) in [5.74, 6) is -0.323. The van der Waals surface area contributed by atoms with E-state index in [1.54, 1.807) is 12.1 Å². The smallest absolute Gasteiger partial charge is 0.238 e. The molecular weight excluding hydrogens is 279 g/mol. The standard InChI is InChI=1S/C18H21FN2O/c1-13-4-10-17(11-5-13)20-18(22)12-21(3)14(2)15-6-8-16(19)9-7-15/h4-11,14H,12H2,1-3H3,(H,20,22)/t14-/m1/s1. The summed E-state index contributed by atoms with van der Waals surface area (Å²) >= 11 is 0. The topological polar surface area (TPSA) is 32.3 Å². The highest BCUT2D eigenvalue weighted by molar-refractivity contribution is 5.92. The highest BCUT2D eigenvalue weighted by Gasteiger charge is 2.15. The van der Waals surface area contributed by atoms with Gasteiger partial charge in [0.05, 0.1) is 6.54 Å². The number of amides is 1. The Morgan fingerprint density at radius 1 is 1.14 bits per heavy atom. The molecule has 0 unspecified atom stereocenters. The van der Waals surface area contributed by atoms with Crippen molar-refractivity contribution in [2.45, 2.75) is 19.9 Å². The van der Waals surface area contributed by atoms with Crippen molar-refractivity contribution < 1.29 is 9.18 Å². The quantitative estimate of drug-likeness (QED) is 0.911. The molecule has 0 radical (unpaired) electrons. The number of hydrogen-bond acceptors (Lipinski definition) is 2. The van der Waals surface area contributed by atoms with Crippen LogP contribution in [-0.4, -0.2) is 24.4 Å². The third-order valence-corrected chi connectivity index (χ3v) is 3.74. The first kappa shape index (κ1) is 16.2. The van der Waals surface area contributed by atoms with Gasteiger partial charge in [-0.05, 0) is 50.7 Å². The molecular formula is C18H21FN2O. The van der Waals surface area contributed by atoms with Crippen LogP contribution in [0.25, 0.3) is 0 Å². The van der Waals surface area contributed by atoms with Crippen LogP contribution < -0.4 is 5.32 Å². The van der Waals surface area contributed by atoms with E-state index in [1.807, 2.05) is 50.1 Å². The summed E-state index contributed by atoms with van der Waals surface area (Å²) in [5, 5.41) is 2.87. The van der Waals surface area contributed by atoms with Crippen LogP contribution in [0.2, 0.25) is 0 Å². The van der Waals surface area contributed by atoms with E-state index >= 15 is 0 Å². The van der Waals surface area contributed by atoms with Gasteiger partial charge in [0.2, 0.25) is 5.91 Å². The number of anilines is 1. The first-order valence-electron chi connectivity index (χ1n) is 7.28. The van der Waals surface area contributed by atoms with Crippen LogP contribution in [0.5, 0.6) is 0 Å². The fourth-order valence-corrected chi connectivity index (χ4v) is 2.20. The molecule has 22 heavy (non-hydrogen) atoms. The summed E-state index contributed by atoms with van der Waals surface area (Å²) in [4.78, 5) is 14.0. The van der Waals surface area contributed by atoms with Gasteiger partial charge < -0.3 is 5.32 Å². The summed E-state index contributed by atoms with van der Waals surface area (Å²) in [6.07, 6.45) is 0. The van der Waals surface area contributed by atoms with E-state index in [0.29, 0.717) is 0 Å². The molecule has 0 saturated heterocycles. The van der Waals surface area contributed by atoms with Crippen LogP contribution in [0.1, 0.15) is 24.1 Å². The van der Waals surface area contributed by atoms with E-state index in [9.17, 15) is 9.18 Å². The van der Waals surface area contributed by atoms with E-state index in [1.165, 1.54) is 12.1 Å². The van der Waals surface area contributed by atoms with Gasteiger partial charge in [0.15, 0.2) is 0 Å². The van der Waals surface area contributed by atoms with E-state index < -0.39 is 0 Å². The maximum Gasteiger partial charge on any atom is 0.238 e. The van der Waals surface area contributed by atoms with Gasteiger partial charge in [-0.25, -0.2) is 4.39 Å². The fourth-order valence-electron chi connectivity index (χ4n) is 2.20. The lowest BCUT2D eigenvalue weighted by Gasteiger charge is -2.24. The molecule has 2 aromatic rings. The first-order chi connectivity index (χ1) is 10.5. The Morgan fingerprint density at radius 3 is 2.32 bits per heavy atom. The van der Waals surface area contributed by atoms with Crippen molar-refractivity contribution in [2.24, 2.45) is 0 Å². The molecule has 0 aliphatic carbocycles. The van der Waals surface area contributed by atoms with Gasteiger partial charge in [-0.1, -0.05) is 29.8 Å². The highest BCUT2D eigenvalue weighted by Crippen LogP contribution is 2.19. The number of rotatable bonds is 5. The van der Waals surface area contributed by atoms with Crippen molar-refractivity contribution in [1.29, 1.82) is 0 Å². The average Bonchev–Trinajstić information content (AvgIpc) is 2.49. The lowest BCUT2D eigenvalue weighted by Crippen LogP contribution is -2.32. The molecule has 0 aliphatic heterocycles. The van der Waals surface area contributed by atoms with Gasteiger partial charge in [-0.3, -0.25) is 9.69 Å². The Labute approximate surface area is 130 Å². The third kappa shape index (κ3) is 4.40. The molecule has 0 saturated carbocycles. The summed E-state index contributed by atoms with van der Waals surface area (Å²) in [7, 11) is 1.88.